The molecule has 0 aliphatic carbocycles. The zero-order chi connectivity index (χ0) is 12.4. The van der Waals surface area contributed by atoms with Gasteiger partial charge in [0.25, 0.3) is 0 Å². The predicted molar refractivity (Wildman–Crippen MR) is 63.6 cm³/mol. The summed E-state index contributed by atoms with van der Waals surface area (Å²) in [5, 5.41) is 11.8. The van der Waals surface area contributed by atoms with Crippen LogP contribution >= 0.6 is 0 Å². The Bertz CT molecular complexity index is 229. The fourth-order valence-electron chi connectivity index (χ4n) is 1.04. The molecular formula is C11H22N2O3. The number of ether oxygens (including phenoxy) is 1. The third kappa shape index (κ3) is 8.40. The molecule has 0 fully saturated rings. The summed E-state index contributed by atoms with van der Waals surface area (Å²) < 4.78 is 4.96. The molecule has 0 amide bonds. The smallest absolute Gasteiger partial charge is 0.330 e. The molecule has 0 aliphatic heterocycles. The van der Waals surface area contributed by atoms with Gasteiger partial charge in [0.1, 0.15) is 0 Å². The van der Waals surface area contributed by atoms with Crippen molar-refractivity contribution in [3.05, 3.63) is 11.6 Å². The molecule has 0 aromatic carbocycles. The lowest BCUT2D eigenvalue weighted by atomic mass is 10.3. The summed E-state index contributed by atoms with van der Waals surface area (Å²) in [6, 6.07) is 0. The van der Waals surface area contributed by atoms with Crippen molar-refractivity contribution in [1.29, 1.82) is 0 Å². The van der Waals surface area contributed by atoms with Crippen LogP contribution in [0.5, 0.6) is 0 Å². The minimum atomic E-state index is -0.862. The van der Waals surface area contributed by atoms with E-state index in [-0.39, 0.29) is 0 Å². The van der Waals surface area contributed by atoms with Crippen molar-refractivity contribution < 1.29 is 14.6 Å². The molecule has 0 aromatic heterocycles. The zero-order valence-electron chi connectivity index (χ0n) is 10.3. The Hall–Kier alpha value is -0.910. The Morgan fingerprint density at radius 2 is 2.19 bits per heavy atom. The number of aliphatic carboxylic acids is 1. The van der Waals surface area contributed by atoms with Gasteiger partial charge in [0.15, 0.2) is 0 Å². The third-order valence-electron chi connectivity index (χ3n) is 2.24. The maximum atomic E-state index is 10.5. The number of carboxylic acid groups (broad SMARTS) is 1. The number of nitrogens with zero attached hydrogens (tertiary/aromatic N) is 1. The van der Waals surface area contributed by atoms with E-state index >= 15 is 0 Å². The van der Waals surface area contributed by atoms with Gasteiger partial charge in [-0.15, -0.1) is 0 Å². The first kappa shape index (κ1) is 15.1. The van der Waals surface area contributed by atoms with Crippen LogP contribution in [0.1, 0.15) is 6.92 Å². The summed E-state index contributed by atoms with van der Waals surface area (Å²) >= 11 is 0. The second-order valence-electron chi connectivity index (χ2n) is 3.69. The van der Waals surface area contributed by atoms with Crippen LogP contribution < -0.4 is 5.32 Å². The van der Waals surface area contributed by atoms with Crippen LogP contribution in [0.4, 0.5) is 0 Å². The molecular weight excluding hydrogens is 208 g/mol. The number of nitrogens with one attached hydrogen (secondary N) is 1. The number of rotatable bonds is 9. The van der Waals surface area contributed by atoms with Crippen LogP contribution in [0, 0.1) is 0 Å². The van der Waals surface area contributed by atoms with Gasteiger partial charge < -0.3 is 20.1 Å². The van der Waals surface area contributed by atoms with Crippen molar-refractivity contribution in [1.82, 2.24) is 10.2 Å². The van der Waals surface area contributed by atoms with Crippen LogP contribution in [0.3, 0.4) is 0 Å². The lowest BCUT2D eigenvalue weighted by molar-refractivity contribution is -0.132. The molecule has 2 N–H and O–H groups in total. The van der Waals surface area contributed by atoms with Crippen LogP contribution in [-0.4, -0.2) is 62.9 Å². The number of methoxy groups -OCH3 is 1. The first-order chi connectivity index (χ1) is 7.57. The Kier molecular flexibility index (Phi) is 8.80. The van der Waals surface area contributed by atoms with Crippen molar-refractivity contribution >= 4 is 5.97 Å². The van der Waals surface area contributed by atoms with Gasteiger partial charge in [0.2, 0.25) is 0 Å². The molecule has 0 saturated carbocycles. The van der Waals surface area contributed by atoms with Gasteiger partial charge >= 0.3 is 5.97 Å². The molecule has 0 rings (SSSR count). The molecule has 0 unspecified atom stereocenters. The molecule has 0 aliphatic rings. The van der Waals surface area contributed by atoms with Crippen LogP contribution in [0.25, 0.3) is 0 Å². The number of hydrogen-bond donors (Lipinski definition) is 2. The van der Waals surface area contributed by atoms with E-state index in [2.05, 4.69) is 10.2 Å². The van der Waals surface area contributed by atoms with Gasteiger partial charge in [-0.1, -0.05) is 6.08 Å². The van der Waals surface area contributed by atoms with E-state index in [0.717, 1.165) is 26.2 Å². The Morgan fingerprint density at radius 1 is 1.50 bits per heavy atom. The summed E-state index contributed by atoms with van der Waals surface area (Å²) in [6.45, 7) is 5.58. The standard InChI is InChI=1S/C11H22N2O3/c1-10(11(14)15)4-5-12-6-7-13(2)8-9-16-3/h4,12H,5-9H2,1-3H3,(H,14,15)/b10-4-. The molecule has 0 saturated heterocycles. The maximum Gasteiger partial charge on any atom is 0.330 e. The SMILES string of the molecule is COCCN(C)CCNC/C=C(/C)C(=O)O. The second kappa shape index (κ2) is 9.33. The van der Waals surface area contributed by atoms with Crippen molar-refractivity contribution in [3.8, 4) is 0 Å². The lowest BCUT2D eigenvalue weighted by Crippen LogP contribution is -2.31. The van der Waals surface area contributed by atoms with Gasteiger partial charge in [0, 0.05) is 38.9 Å². The predicted octanol–water partition coefficient (Wildman–Crippen LogP) is 0.185. The van der Waals surface area contributed by atoms with E-state index in [1.165, 1.54) is 0 Å². The van der Waals surface area contributed by atoms with E-state index < -0.39 is 5.97 Å². The highest BCUT2D eigenvalue weighted by atomic mass is 16.5. The highest BCUT2D eigenvalue weighted by molar-refractivity contribution is 5.85. The molecule has 0 bridgehead atoms. The average Bonchev–Trinajstić information content (AvgIpc) is 2.25. The van der Waals surface area contributed by atoms with Gasteiger partial charge in [-0.25, -0.2) is 4.79 Å². The van der Waals surface area contributed by atoms with Crippen LogP contribution in [0.15, 0.2) is 11.6 Å². The molecule has 0 radical (unpaired) electrons. The first-order valence-electron chi connectivity index (χ1n) is 5.36. The molecule has 5 nitrogen and oxygen atoms in total. The number of carbonyl (C=O) groups is 1. The fourth-order valence-corrected chi connectivity index (χ4v) is 1.04. The van der Waals surface area contributed by atoms with Crippen molar-refractivity contribution in [3.63, 3.8) is 0 Å². The summed E-state index contributed by atoms with van der Waals surface area (Å²) in [5.41, 5.74) is 0.375. The normalized spacial score (nSPS) is 12.1. The van der Waals surface area contributed by atoms with Crippen molar-refractivity contribution in [2.45, 2.75) is 6.92 Å². The number of likely N-dealkylation sites (N-methyl/N-ethyl adjacent to an activating group) is 1. The van der Waals surface area contributed by atoms with Crippen molar-refractivity contribution in [2.75, 3.05) is 46.9 Å². The van der Waals surface area contributed by atoms with E-state index in [1.54, 1.807) is 20.1 Å². The second-order valence-corrected chi connectivity index (χ2v) is 3.69. The van der Waals surface area contributed by atoms with Gasteiger partial charge in [-0.05, 0) is 14.0 Å². The Morgan fingerprint density at radius 3 is 2.75 bits per heavy atom. The minimum absolute atomic E-state index is 0.375. The highest BCUT2D eigenvalue weighted by Crippen LogP contribution is 1.89. The summed E-state index contributed by atoms with van der Waals surface area (Å²) in [6.07, 6.45) is 1.68. The van der Waals surface area contributed by atoms with E-state index in [9.17, 15) is 4.79 Å². The van der Waals surface area contributed by atoms with E-state index in [0.29, 0.717) is 12.1 Å². The average molecular weight is 230 g/mol. The Balaban J connectivity index is 3.46. The number of hydrogen-bond acceptors (Lipinski definition) is 4. The molecule has 0 spiro atoms. The van der Waals surface area contributed by atoms with Gasteiger partial charge in [-0.3, -0.25) is 0 Å². The van der Waals surface area contributed by atoms with Gasteiger partial charge in [0.05, 0.1) is 6.61 Å². The maximum absolute atomic E-state index is 10.5. The zero-order valence-corrected chi connectivity index (χ0v) is 10.3. The van der Waals surface area contributed by atoms with Crippen LogP contribution in [0.2, 0.25) is 0 Å². The van der Waals surface area contributed by atoms with Gasteiger partial charge in [-0.2, -0.15) is 0 Å². The summed E-state index contributed by atoms with van der Waals surface area (Å²) in [4.78, 5) is 12.6. The van der Waals surface area contributed by atoms with E-state index in [1.807, 2.05) is 7.05 Å². The van der Waals surface area contributed by atoms with Crippen molar-refractivity contribution in [2.24, 2.45) is 0 Å². The molecule has 0 aromatic rings. The summed E-state index contributed by atoms with van der Waals surface area (Å²) in [7, 11) is 3.71. The first-order valence-corrected chi connectivity index (χ1v) is 5.36. The monoisotopic (exact) mass is 230 g/mol. The Labute approximate surface area is 97.1 Å². The fraction of sp³-hybridized carbons (Fsp3) is 0.727. The van der Waals surface area contributed by atoms with Crippen LogP contribution in [-0.2, 0) is 9.53 Å². The third-order valence-corrected chi connectivity index (χ3v) is 2.24. The quantitative estimate of drug-likeness (QED) is 0.437. The summed E-state index contributed by atoms with van der Waals surface area (Å²) in [5.74, 6) is -0.862. The topological polar surface area (TPSA) is 61.8 Å². The molecule has 0 atom stereocenters. The molecule has 94 valence electrons. The highest BCUT2D eigenvalue weighted by Gasteiger charge is 1.98. The molecule has 0 heterocycles. The molecule has 16 heavy (non-hydrogen) atoms. The lowest BCUT2D eigenvalue weighted by Gasteiger charge is -2.15. The molecule has 5 heteroatoms. The number of carboxylic acids is 1. The largest absolute Gasteiger partial charge is 0.478 e. The minimum Gasteiger partial charge on any atom is -0.478 e. The van der Waals surface area contributed by atoms with E-state index in [4.69, 9.17) is 9.84 Å².